The third kappa shape index (κ3) is 1.59. The number of rotatable bonds is 2. The van der Waals surface area contributed by atoms with Gasteiger partial charge in [-0.05, 0) is 24.7 Å². The molecule has 0 fully saturated rings. The van der Waals surface area contributed by atoms with Crippen LogP contribution in [0.1, 0.15) is 5.69 Å². The number of nitrogens with two attached hydrogens (primary N) is 1. The summed E-state index contributed by atoms with van der Waals surface area (Å²) in [5, 5.41) is 5.22. The molecule has 2 rings (SSSR count). The lowest BCUT2D eigenvalue weighted by molar-refractivity contribution is 0.861. The van der Waals surface area contributed by atoms with E-state index in [1.54, 1.807) is 10.6 Å². The van der Waals surface area contributed by atoms with Crippen molar-refractivity contribution < 1.29 is 0 Å². The standard InChI is InChI=1S/C9H9Cl2N3/c10-8-2-1-7-5-6(3-4-12)13-14(7)9(8)11/h1-2,5H,3-4,12H2. The van der Waals surface area contributed by atoms with Crippen molar-refractivity contribution in [2.75, 3.05) is 6.54 Å². The maximum Gasteiger partial charge on any atom is 0.149 e. The van der Waals surface area contributed by atoms with Crippen LogP contribution in [-0.4, -0.2) is 16.2 Å². The summed E-state index contributed by atoms with van der Waals surface area (Å²) in [6.45, 7) is 0.579. The highest BCUT2D eigenvalue weighted by Gasteiger charge is 2.06. The number of pyridine rings is 1. The van der Waals surface area contributed by atoms with E-state index in [1.165, 1.54) is 0 Å². The molecular weight excluding hydrogens is 221 g/mol. The van der Waals surface area contributed by atoms with Gasteiger partial charge in [0.1, 0.15) is 5.15 Å². The van der Waals surface area contributed by atoms with Crippen LogP contribution >= 0.6 is 23.2 Å². The Bertz CT molecular complexity index is 464. The van der Waals surface area contributed by atoms with Crippen LogP contribution in [0.25, 0.3) is 5.52 Å². The molecule has 0 spiro atoms. The average Bonchev–Trinajstić information content (AvgIpc) is 2.56. The summed E-state index contributed by atoms with van der Waals surface area (Å²) in [7, 11) is 0. The Morgan fingerprint density at radius 3 is 2.86 bits per heavy atom. The van der Waals surface area contributed by atoms with Gasteiger partial charge >= 0.3 is 0 Å². The van der Waals surface area contributed by atoms with E-state index in [0.717, 1.165) is 17.6 Å². The Labute approximate surface area is 91.4 Å². The van der Waals surface area contributed by atoms with Crippen molar-refractivity contribution >= 4 is 28.7 Å². The SMILES string of the molecule is NCCc1cc2ccc(Cl)c(Cl)n2n1. The zero-order valence-corrected chi connectivity index (χ0v) is 8.89. The topological polar surface area (TPSA) is 43.3 Å². The van der Waals surface area contributed by atoms with Gasteiger partial charge in [0.2, 0.25) is 0 Å². The van der Waals surface area contributed by atoms with Crippen molar-refractivity contribution in [1.29, 1.82) is 0 Å². The summed E-state index contributed by atoms with van der Waals surface area (Å²) in [6, 6.07) is 5.59. The predicted molar refractivity (Wildman–Crippen MR) is 58.0 cm³/mol. The van der Waals surface area contributed by atoms with Gasteiger partial charge in [-0.25, -0.2) is 4.52 Å². The Morgan fingerprint density at radius 1 is 1.36 bits per heavy atom. The van der Waals surface area contributed by atoms with Crippen LogP contribution < -0.4 is 5.73 Å². The molecule has 2 heterocycles. The van der Waals surface area contributed by atoms with Crippen LogP contribution in [0.2, 0.25) is 10.2 Å². The molecule has 0 saturated heterocycles. The van der Waals surface area contributed by atoms with Crippen molar-refractivity contribution in [3.8, 4) is 0 Å². The van der Waals surface area contributed by atoms with Crippen LogP contribution in [0.5, 0.6) is 0 Å². The number of nitrogens with zero attached hydrogens (tertiary/aromatic N) is 2. The van der Waals surface area contributed by atoms with E-state index in [2.05, 4.69) is 5.10 Å². The molecule has 2 aromatic rings. The molecule has 0 atom stereocenters. The minimum Gasteiger partial charge on any atom is -0.330 e. The summed E-state index contributed by atoms with van der Waals surface area (Å²) in [4.78, 5) is 0. The first-order valence-corrected chi connectivity index (χ1v) is 5.00. The second-order valence-corrected chi connectivity index (χ2v) is 3.75. The van der Waals surface area contributed by atoms with Crippen LogP contribution in [0, 0.1) is 0 Å². The predicted octanol–water partition coefficient (Wildman–Crippen LogP) is 2.14. The third-order valence-electron chi connectivity index (χ3n) is 1.97. The zero-order chi connectivity index (χ0) is 10.1. The fourth-order valence-corrected chi connectivity index (χ4v) is 1.66. The van der Waals surface area contributed by atoms with Gasteiger partial charge in [-0.1, -0.05) is 23.2 Å². The zero-order valence-electron chi connectivity index (χ0n) is 7.37. The van der Waals surface area contributed by atoms with Crippen molar-refractivity contribution in [3.63, 3.8) is 0 Å². The van der Waals surface area contributed by atoms with Gasteiger partial charge in [-0.3, -0.25) is 0 Å². The minimum atomic E-state index is 0.437. The van der Waals surface area contributed by atoms with Gasteiger partial charge in [0.05, 0.1) is 16.2 Å². The molecule has 0 bridgehead atoms. The van der Waals surface area contributed by atoms with E-state index in [-0.39, 0.29) is 0 Å². The number of hydrogen-bond donors (Lipinski definition) is 1. The fourth-order valence-electron chi connectivity index (χ4n) is 1.32. The lowest BCUT2D eigenvalue weighted by atomic mass is 10.3. The lowest BCUT2D eigenvalue weighted by Crippen LogP contribution is -2.03. The number of halogens is 2. The molecular formula is C9H9Cl2N3. The van der Waals surface area contributed by atoms with E-state index >= 15 is 0 Å². The molecule has 0 unspecified atom stereocenters. The Hall–Kier alpha value is -0.770. The quantitative estimate of drug-likeness (QED) is 0.803. The van der Waals surface area contributed by atoms with Gasteiger partial charge in [-0.15, -0.1) is 0 Å². The molecule has 14 heavy (non-hydrogen) atoms. The van der Waals surface area contributed by atoms with Crippen LogP contribution in [0.4, 0.5) is 0 Å². The van der Waals surface area contributed by atoms with Gasteiger partial charge in [0, 0.05) is 6.42 Å². The van der Waals surface area contributed by atoms with Crippen molar-refractivity contribution in [3.05, 3.63) is 34.1 Å². The van der Waals surface area contributed by atoms with E-state index in [0.29, 0.717) is 16.7 Å². The Balaban J connectivity index is 2.59. The molecule has 0 aliphatic rings. The highest BCUT2D eigenvalue weighted by Crippen LogP contribution is 2.23. The fraction of sp³-hybridized carbons (Fsp3) is 0.222. The summed E-state index contributed by atoms with van der Waals surface area (Å²) >= 11 is 11.8. The molecule has 0 amide bonds. The maximum absolute atomic E-state index is 5.98. The lowest BCUT2D eigenvalue weighted by Gasteiger charge is -1.97. The maximum atomic E-state index is 5.98. The molecule has 0 aromatic carbocycles. The van der Waals surface area contributed by atoms with E-state index < -0.39 is 0 Å². The minimum absolute atomic E-state index is 0.437. The molecule has 0 radical (unpaired) electrons. The van der Waals surface area contributed by atoms with Gasteiger partial charge in [0.15, 0.2) is 0 Å². The summed E-state index contributed by atoms with van der Waals surface area (Å²) in [6.07, 6.45) is 0.746. The summed E-state index contributed by atoms with van der Waals surface area (Å²) in [5.74, 6) is 0. The highest BCUT2D eigenvalue weighted by molar-refractivity contribution is 6.41. The van der Waals surface area contributed by atoms with Crippen LogP contribution in [-0.2, 0) is 6.42 Å². The average molecular weight is 230 g/mol. The molecule has 3 nitrogen and oxygen atoms in total. The first-order chi connectivity index (χ1) is 6.72. The number of hydrogen-bond acceptors (Lipinski definition) is 2. The molecule has 5 heteroatoms. The smallest absolute Gasteiger partial charge is 0.149 e. The van der Waals surface area contributed by atoms with Crippen molar-refractivity contribution in [2.24, 2.45) is 5.73 Å². The van der Waals surface area contributed by atoms with Gasteiger partial charge in [-0.2, -0.15) is 5.10 Å². The van der Waals surface area contributed by atoms with Crippen LogP contribution in [0.15, 0.2) is 18.2 Å². The van der Waals surface area contributed by atoms with Gasteiger partial charge < -0.3 is 5.73 Å². The first-order valence-electron chi connectivity index (χ1n) is 4.25. The molecule has 0 aliphatic carbocycles. The number of aromatic nitrogens is 2. The monoisotopic (exact) mass is 229 g/mol. The summed E-state index contributed by atoms with van der Waals surface area (Å²) < 4.78 is 1.62. The van der Waals surface area contributed by atoms with Gasteiger partial charge in [0.25, 0.3) is 0 Å². The second kappa shape index (κ2) is 3.77. The molecule has 0 saturated carbocycles. The second-order valence-electron chi connectivity index (χ2n) is 2.98. The van der Waals surface area contributed by atoms with Crippen molar-refractivity contribution in [1.82, 2.24) is 9.61 Å². The Morgan fingerprint density at radius 2 is 2.14 bits per heavy atom. The third-order valence-corrected chi connectivity index (χ3v) is 2.74. The molecule has 74 valence electrons. The number of fused-ring (bicyclic) bond motifs is 1. The molecule has 2 N–H and O–H groups in total. The van der Waals surface area contributed by atoms with E-state index in [9.17, 15) is 0 Å². The molecule has 0 aliphatic heterocycles. The van der Waals surface area contributed by atoms with Crippen LogP contribution in [0.3, 0.4) is 0 Å². The molecule has 2 aromatic heterocycles. The van der Waals surface area contributed by atoms with E-state index in [4.69, 9.17) is 28.9 Å². The highest BCUT2D eigenvalue weighted by atomic mass is 35.5. The normalized spacial score (nSPS) is 11.1. The van der Waals surface area contributed by atoms with Crippen molar-refractivity contribution in [2.45, 2.75) is 6.42 Å². The largest absolute Gasteiger partial charge is 0.330 e. The van der Waals surface area contributed by atoms with E-state index in [1.807, 2.05) is 12.1 Å². The first kappa shape index (κ1) is 9.77. The summed E-state index contributed by atoms with van der Waals surface area (Å²) in [5.41, 5.74) is 7.30. The Kier molecular flexibility index (Phi) is 2.63.